The minimum atomic E-state index is -0.346. The average Bonchev–Trinajstić information content (AvgIpc) is 2.33. The van der Waals surface area contributed by atoms with Crippen molar-refractivity contribution in [3.8, 4) is 0 Å². The highest BCUT2D eigenvalue weighted by Gasteiger charge is 2.10. The van der Waals surface area contributed by atoms with E-state index in [4.69, 9.17) is 5.73 Å². The van der Waals surface area contributed by atoms with Gasteiger partial charge in [-0.1, -0.05) is 34.1 Å². The zero-order valence-corrected chi connectivity index (χ0v) is 11.1. The van der Waals surface area contributed by atoms with Gasteiger partial charge in [0.1, 0.15) is 11.6 Å². The summed E-state index contributed by atoms with van der Waals surface area (Å²) in [5, 5.41) is 0. The van der Waals surface area contributed by atoms with Crippen molar-refractivity contribution in [3.05, 3.63) is 69.7 Å². The van der Waals surface area contributed by atoms with Gasteiger partial charge in [-0.15, -0.1) is 0 Å². The molecule has 0 aliphatic heterocycles. The Kier molecular flexibility index (Phi) is 4.09. The quantitative estimate of drug-likeness (QED) is 0.912. The third kappa shape index (κ3) is 3.15. The lowest BCUT2D eigenvalue weighted by Gasteiger charge is -2.12. The number of nitrogens with two attached hydrogens (primary N) is 1. The molecule has 1 nitrogen and oxygen atoms in total. The molecule has 0 aliphatic carbocycles. The Labute approximate surface area is 113 Å². The van der Waals surface area contributed by atoms with Crippen LogP contribution in [0.5, 0.6) is 0 Å². The van der Waals surface area contributed by atoms with E-state index in [-0.39, 0.29) is 17.7 Å². The molecule has 4 heteroatoms. The van der Waals surface area contributed by atoms with E-state index in [2.05, 4.69) is 15.9 Å². The molecule has 2 aromatic carbocycles. The van der Waals surface area contributed by atoms with Crippen molar-refractivity contribution in [2.24, 2.45) is 5.73 Å². The van der Waals surface area contributed by atoms with Crippen molar-refractivity contribution in [2.45, 2.75) is 12.5 Å². The van der Waals surface area contributed by atoms with Crippen LogP contribution in [0.1, 0.15) is 17.2 Å². The van der Waals surface area contributed by atoms with Gasteiger partial charge in [-0.2, -0.15) is 0 Å². The molecule has 2 rings (SSSR count). The summed E-state index contributed by atoms with van der Waals surface area (Å²) >= 11 is 3.20. The van der Waals surface area contributed by atoms with Gasteiger partial charge in [0.25, 0.3) is 0 Å². The van der Waals surface area contributed by atoms with E-state index in [0.717, 1.165) is 5.56 Å². The van der Waals surface area contributed by atoms with Gasteiger partial charge in [-0.25, -0.2) is 8.78 Å². The monoisotopic (exact) mass is 311 g/mol. The third-order valence-electron chi connectivity index (χ3n) is 2.75. The SMILES string of the molecule is NC(Cc1ccc(Br)cc1F)c1ccc(F)cc1. The normalized spacial score (nSPS) is 12.4. The molecule has 0 fully saturated rings. The van der Waals surface area contributed by atoms with Gasteiger partial charge in [0, 0.05) is 10.5 Å². The first kappa shape index (κ1) is 13.2. The summed E-state index contributed by atoms with van der Waals surface area (Å²) in [6.07, 6.45) is 0.380. The molecule has 0 heterocycles. The Balaban J connectivity index is 2.15. The largest absolute Gasteiger partial charge is 0.324 e. The molecule has 0 amide bonds. The number of hydrogen-bond acceptors (Lipinski definition) is 1. The molecule has 0 saturated carbocycles. The molecule has 0 spiro atoms. The van der Waals surface area contributed by atoms with E-state index < -0.39 is 0 Å². The van der Waals surface area contributed by atoms with E-state index in [1.165, 1.54) is 18.2 Å². The van der Waals surface area contributed by atoms with E-state index in [0.29, 0.717) is 16.5 Å². The summed E-state index contributed by atoms with van der Waals surface area (Å²) in [5.41, 5.74) is 7.32. The summed E-state index contributed by atoms with van der Waals surface area (Å²) in [6, 6.07) is 10.5. The summed E-state index contributed by atoms with van der Waals surface area (Å²) in [4.78, 5) is 0. The maximum atomic E-state index is 13.6. The lowest BCUT2D eigenvalue weighted by Crippen LogP contribution is -2.14. The molecule has 94 valence electrons. The summed E-state index contributed by atoms with van der Waals surface area (Å²) in [6.45, 7) is 0. The smallest absolute Gasteiger partial charge is 0.127 e. The van der Waals surface area contributed by atoms with Gasteiger partial charge >= 0.3 is 0 Å². The van der Waals surface area contributed by atoms with Crippen molar-refractivity contribution in [3.63, 3.8) is 0 Å². The van der Waals surface area contributed by atoms with Gasteiger partial charge in [0.05, 0.1) is 0 Å². The second-order valence-electron chi connectivity index (χ2n) is 4.10. The van der Waals surface area contributed by atoms with Crippen LogP contribution in [0.25, 0.3) is 0 Å². The molecule has 1 atom stereocenters. The first-order chi connectivity index (χ1) is 8.56. The van der Waals surface area contributed by atoms with Crippen molar-refractivity contribution in [1.29, 1.82) is 0 Å². The van der Waals surface area contributed by atoms with Crippen LogP contribution in [0.4, 0.5) is 8.78 Å². The molecule has 0 aromatic heterocycles. The van der Waals surface area contributed by atoms with E-state index in [9.17, 15) is 8.78 Å². The lowest BCUT2D eigenvalue weighted by molar-refractivity contribution is 0.591. The van der Waals surface area contributed by atoms with Crippen LogP contribution in [0.15, 0.2) is 46.9 Å². The molecule has 0 bridgehead atoms. The second-order valence-corrected chi connectivity index (χ2v) is 5.01. The summed E-state index contributed by atoms with van der Waals surface area (Å²) < 4.78 is 27.1. The molecule has 2 N–H and O–H groups in total. The van der Waals surface area contributed by atoms with Crippen LogP contribution in [-0.2, 0) is 6.42 Å². The average molecular weight is 312 g/mol. The molecule has 1 unspecified atom stereocenters. The fraction of sp³-hybridized carbons (Fsp3) is 0.143. The molecular weight excluding hydrogens is 300 g/mol. The van der Waals surface area contributed by atoms with Gasteiger partial charge in [0.2, 0.25) is 0 Å². The topological polar surface area (TPSA) is 26.0 Å². The third-order valence-corrected chi connectivity index (χ3v) is 3.25. The van der Waals surface area contributed by atoms with Crippen LogP contribution in [0.2, 0.25) is 0 Å². The minimum Gasteiger partial charge on any atom is -0.324 e. The maximum absolute atomic E-state index is 13.6. The molecule has 0 radical (unpaired) electrons. The number of rotatable bonds is 3. The first-order valence-electron chi connectivity index (χ1n) is 5.51. The van der Waals surface area contributed by atoms with Crippen molar-refractivity contribution >= 4 is 15.9 Å². The van der Waals surface area contributed by atoms with Gasteiger partial charge in [-0.05, 0) is 41.8 Å². The highest BCUT2D eigenvalue weighted by atomic mass is 79.9. The summed E-state index contributed by atoms with van der Waals surface area (Å²) in [7, 11) is 0. The zero-order chi connectivity index (χ0) is 13.1. The Morgan fingerprint density at radius 1 is 1.06 bits per heavy atom. The summed E-state index contributed by atoms with van der Waals surface area (Å²) in [5.74, 6) is -0.595. The van der Waals surface area contributed by atoms with Crippen LogP contribution >= 0.6 is 15.9 Å². The van der Waals surface area contributed by atoms with Crippen LogP contribution in [-0.4, -0.2) is 0 Å². The van der Waals surface area contributed by atoms with Crippen molar-refractivity contribution in [1.82, 2.24) is 0 Å². The minimum absolute atomic E-state index is 0.290. The van der Waals surface area contributed by atoms with Crippen LogP contribution < -0.4 is 5.73 Å². The van der Waals surface area contributed by atoms with Crippen LogP contribution in [0, 0.1) is 11.6 Å². The number of benzene rings is 2. The molecule has 0 aliphatic rings. The predicted octanol–water partition coefficient (Wildman–Crippen LogP) is 3.97. The predicted molar refractivity (Wildman–Crippen MR) is 71.1 cm³/mol. The van der Waals surface area contributed by atoms with Gasteiger partial charge in [0.15, 0.2) is 0 Å². The first-order valence-corrected chi connectivity index (χ1v) is 6.30. The second kappa shape index (κ2) is 5.59. The number of hydrogen-bond donors (Lipinski definition) is 1. The lowest BCUT2D eigenvalue weighted by atomic mass is 9.99. The standard InChI is InChI=1S/C14H12BrF2N/c15-11-4-1-10(13(17)8-11)7-14(18)9-2-5-12(16)6-3-9/h1-6,8,14H,7,18H2. The van der Waals surface area contributed by atoms with Gasteiger partial charge < -0.3 is 5.73 Å². The van der Waals surface area contributed by atoms with Crippen LogP contribution in [0.3, 0.4) is 0 Å². The van der Waals surface area contributed by atoms with Crippen molar-refractivity contribution in [2.75, 3.05) is 0 Å². The highest BCUT2D eigenvalue weighted by Crippen LogP contribution is 2.21. The Morgan fingerprint density at radius 2 is 1.72 bits per heavy atom. The highest BCUT2D eigenvalue weighted by molar-refractivity contribution is 9.10. The van der Waals surface area contributed by atoms with E-state index in [1.54, 1.807) is 24.3 Å². The Bertz CT molecular complexity index is 540. The molecule has 2 aromatic rings. The Morgan fingerprint density at radius 3 is 2.33 bits per heavy atom. The van der Waals surface area contributed by atoms with Gasteiger partial charge in [-0.3, -0.25) is 0 Å². The maximum Gasteiger partial charge on any atom is 0.127 e. The Hall–Kier alpha value is -1.26. The fourth-order valence-electron chi connectivity index (χ4n) is 1.75. The molecule has 0 saturated heterocycles. The fourth-order valence-corrected chi connectivity index (χ4v) is 2.09. The molecule has 18 heavy (non-hydrogen) atoms. The van der Waals surface area contributed by atoms with E-state index in [1.807, 2.05) is 0 Å². The number of halogens is 3. The van der Waals surface area contributed by atoms with E-state index >= 15 is 0 Å². The zero-order valence-electron chi connectivity index (χ0n) is 9.54. The van der Waals surface area contributed by atoms with Crippen molar-refractivity contribution < 1.29 is 8.78 Å². The molecular formula is C14H12BrF2N.